The van der Waals surface area contributed by atoms with Crippen LogP contribution >= 0.6 is 22.9 Å². The van der Waals surface area contributed by atoms with Crippen LogP contribution in [0, 0.1) is 0 Å². The maximum Gasteiger partial charge on any atom is 0.266 e. The smallest absolute Gasteiger partial charge is 0.266 e. The van der Waals surface area contributed by atoms with Crippen molar-refractivity contribution in [3.63, 3.8) is 0 Å². The van der Waals surface area contributed by atoms with Gasteiger partial charge in [0.05, 0.1) is 27.1 Å². The van der Waals surface area contributed by atoms with Crippen LogP contribution in [0.1, 0.15) is 23.0 Å². The van der Waals surface area contributed by atoms with Crippen LogP contribution < -0.4 is 19.5 Å². The summed E-state index contributed by atoms with van der Waals surface area (Å²) in [6, 6.07) is 8.47. The topological polar surface area (TPSA) is 72.3 Å². The Bertz CT molecular complexity index is 1060. The molecule has 3 aromatic rings. The highest BCUT2D eigenvalue weighted by atomic mass is 35.5. The van der Waals surface area contributed by atoms with Crippen molar-refractivity contribution in [2.45, 2.75) is 6.92 Å². The molecule has 2 heterocycles. The number of nitrogens with one attached hydrogen (secondary N) is 1. The van der Waals surface area contributed by atoms with E-state index in [1.165, 1.54) is 23.7 Å². The number of halogens is 1. The normalized spacial score (nSPS) is 12.6. The molecule has 2 aromatic heterocycles. The number of aromatic nitrogens is 1. The van der Waals surface area contributed by atoms with Crippen molar-refractivity contribution in [2.24, 2.45) is 0 Å². The Morgan fingerprint density at radius 3 is 2.92 bits per heavy atom. The van der Waals surface area contributed by atoms with E-state index >= 15 is 0 Å². The lowest BCUT2D eigenvalue weighted by atomic mass is 10.2. The SMILES string of the molecule is CCOc1ccc(/C=c2\s/c(=C\C(=O)c3ccco3)[nH]c2=O)c(Cl)c1. The minimum atomic E-state index is -0.312. The van der Waals surface area contributed by atoms with Gasteiger partial charge in [0.25, 0.3) is 5.56 Å². The minimum absolute atomic E-state index is 0.217. The number of carbonyl (C=O) groups is 1. The second kappa shape index (κ2) is 7.55. The summed E-state index contributed by atoms with van der Waals surface area (Å²) in [5, 5.41) is 0.482. The number of ether oxygens (including phenoxy) is 1. The molecule has 0 aliphatic carbocycles. The molecule has 0 aliphatic heterocycles. The predicted octanol–water partition coefficient (Wildman–Crippen LogP) is 2.57. The molecule has 0 fully saturated rings. The highest BCUT2D eigenvalue weighted by molar-refractivity contribution is 7.07. The van der Waals surface area contributed by atoms with E-state index in [1.807, 2.05) is 6.92 Å². The summed E-state index contributed by atoms with van der Waals surface area (Å²) >= 11 is 7.40. The number of thiazole rings is 1. The van der Waals surface area contributed by atoms with Gasteiger partial charge < -0.3 is 14.1 Å². The van der Waals surface area contributed by atoms with Crippen LogP contribution in [0.3, 0.4) is 0 Å². The summed E-state index contributed by atoms with van der Waals surface area (Å²) in [4.78, 5) is 26.7. The molecule has 0 unspecified atom stereocenters. The number of aromatic amines is 1. The minimum Gasteiger partial charge on any atom is -0.494 e. The number of H-pyrrole nitrogens is 1. The highest BCUT2D eigenvalue weighted by Crippen LogP contribution is 2.23. The van der Waals surface area contributed by atoms with Crippen LogP contribution in [0.15, 0.2) is 45.8 Å². The lowest BCUT2D eigenvalue weighted by Crippen LogP contribution is -2.20. The van der Waals surface area contributed by atoms with Crippen LogP contribution in [-0.4, -0.2) is 17.4 Å². The Balaban J connectivity index is 1.96. The molecular formula is C18H14ClNO4S. The van der Waals surface area contributed by atoms with Crippen molar-refractivity contribution in [3.8, 4) is 5.75 Å². The number of furan rings is 1. The van der Waals surface area contributed by atoms with Gasteiger partial charge in [0.2, 0.25) is 5.78 Å². The predicted molar refractivity (Wildman–Crippen MR) is 97.9 cm³/mol. The van der Waals surface area contributed by atoms with Crippen LogP contribution in [-0.2, 0) is 0 Å². The first-order valence-corrected chi connectivity index (χ1v) is 8.69. The number of benzene rings is 1. The van der Waals surface area contributed by atoms with Crippen LogP contribution in [0.25, 0.3) is 12.2 Å². The maximum absolute atomic E-state index is 12.1. The van der Waals surface area contributed by atoms with E-state index in [0.717, 1.165) is 0 Å². The first kappa shape index (κ1) is 17.3. The molecule has 0 saturated heterocycles. The molecule has 0 radical (unpaired) electrons. The van der Waals surface area contributed by atoms with Crippen LogP contribution in [0.5, 0.6) is 5.75 Å². The number of hydrogen-bond acceptors (Lipinski definition) is 5. The Hall–Kier alpha value is -2.57. The third-order valence-electron chi connectivity index (χ3n) is 3.28. The fraction of sp³-hybridized carbons (Fsp3) is 0.111. The third-order valence-corrected chi connectivity index (χ3v) is 4.57. The number of hydrogen-bond donors (Lipinski definition) is 1. The molecule has 0 bridgehead atoms. The standard InChI is InChI=1S/C18H14ClNO4S/c1-2-23-12-6-5-11(13(19)9-12)8-16-18(22)20-17(25-16)10-14(21)15-4-3-7-24-15/h3-10H,2H2,1H3,(H,20,22)/b16-8-,17-10-. The monoisotopic (exact) mass is 375 g/mol. The van der Waals surface area contributed by atoms with Crippen LogP contribution in [0.2, 0.25) is 5.02 Å². The van der Waals surface area contributed by atoms with Gasteiger partial charge >= 0.3 is 0 Å². The highest BCUT2D eigenvalue weighted by Gasteiger charge is 2.06. The van der Waals surface area contributed by atoms with Gasteiger partial charge in [-0.1, -0.05) is 11.6 Å². The third kappa shape index (κ3) is 4.10. The van der Waals surface area contributed by atoms with Crippen molar-refractivity contribution in [1.82, 2.24) is 4.98 Å². The Morgan fingerprint density at radius 2 is 2.24 bits per heavy atom. The van der Waals surface area contributed by atoms with E-state index < -0.39 is 0 Å². The lowest BCUT2D eigenvalue weighted by Gasteiger charge is -2.04. The fourth-order valence-electron chi connectivity index (χ4n) is 2.16. The summed E-state index contributed by atoms with van der Waals surface area (Å²) < 4.78 is 11.3. The summed E-state index contributed by atoms with van der Waals surface area (Å²) in [7, 11) is 0. The van der Waals surface area contributed by atoms with Crippen molar-refractivity contribution in [2.75, 3.05) is 6.61 Å². The van der Waals surface area contributed by atoms with E-state index in [-0.39, 0.29) is 17.1 Å². The van der Waals surface area contributed by atoms with Gasteiger partial charge in [-0.05, 0) is 48.9 Å². The van der Waals surface area contributed by atoms with Crippen molar-refractivity contribution < 1.29 is 13.9 Å². The molecule has 1 N–H and O–H groups in total. The molecule has 0 aliphatic rings. The Labute approximate surface area is 151 Å². The van der Waals surface area contributed by atoms with E-state index in [2.05, 4.69) is 4.98 Å². The second-order valence-electron chi connectivity index (χ2n) is 5.03. The Morgan fingerprint density at radius 1 is 1.40 bits per heavy atom. The molecule has 25 heavy (non-hydrogen) atoms. The molecular weight excluding hydrogens is 362 g/mol. The zero-order valence-electron chi connectivity index (χ0n) is 13.2. The molecule has 0 spiro atoms. The summed E-state index contributed by atoms with van der Waals surface area (Å²) in [6.07, 6.45) is 4.43. The first-order chi connectivity index (χ1) is 12.1. The molecule has 0 amide bonds. The molecule has 3 rings (SSSR count). The van der Waals surface area contributed by atoms with Gasteiger partial charge in [0, 0.05) is 6.08 Å². The summed E-state index contributed by atoms with van der Waals surface area (Å²) in [5.74, 6) is 0.574. The van der Waals surface area contributed by atoms with Crippen molar-refractivity contribution in [3.05, 3.63) is 72.5 Å². The molecule has 0 saturated carbocycles. The van der Waals surface area contributed by atoms with Gasteiger partial charge in [-0.25, -0.2) is 0 Å². The van der Waals surface area contributed by atoms with Crippen LogP contribution in [0.4, 0.5) is 0 Å². The number of rotatable bonds is 5. The second-order valence-corrected chi connectivity index (χ2v) is 6.52. The number of carbonyl (C=O) groups excluding carboxylic acids is 1. The van der Waals surface area contributed by atoms with Gasteiger partial charge in [0.1, 0.15) is 5.75 Å². The summed E-state index contributed by atoms with van der Waals surface area (Å²) in [6.45, 7) is 2.44. The average molecular weight is 376 g/mol. The molecule has 7 heteroatoms. The van der Waals surface area contributed by atoms with Crippen molar-refractivity contribution >= 4 is 40.9 Å². The fourth-order valence-corrected chi connectivity index (χ4v) is 3.26. The molecule has 0 atom stereocenters. The number of ketones is 1. The number of Topliss-reactive ketones (excluding diaryl/α,β-unsaturated/α-hetero) is 1. The largest absolute Gasteiger partial charge is 0.494 e. The zero-order chi connectivity index (χ0) is 17.8. The average Bonchev–Trinajstić information content (AvgIpc) is 3.21. The van der Waals surface area contributed by atoms with Gasteiger partial charge in [-0.3, -0.25) is 9.59 Å². The lowest BCUT2D eigenvalue weighted by molar-refractivity contribution is 0.103. The van der Waals surface area contributed by atoms with E-state index in [1.54, 1.807) is 36.4 Å². The van der Waals surface area contributed by atoms with Gasteiger partial charge in [0.15, 0.2) is 5.76 Å². The van der Waals surface area contributed by atoms with Gasteiger partial charge in [-0.15, -0.1) is 11.3 Å². The van der Waals surface area contributed by atoms with Gasteiger partial charge in [-0.2, -0.15) is 0 Å². The van der Waals surface area contributed by atoms with E-state index in [0.29, 0.717) is 32.1 Å². The molecule has 1 aromatic carbocycles. The maximum atomic E-state index is 12.1. The van der Waals surface area contributed by atoms with Crippen molar-refractivity contribution in [1.29, 1.82) is 0 Å². The quantitative estimate of drug-likeness (QED) is 0.696. The summed E-state index contributed by atoms with van der Waals surface area (Å²) in [5.41, 5.74) is 0.412. The first-order valence-electron chi connectivity index (χ1n) is 7.49. The molecule has 5 nitrogen and oxygen atoms in total. The van der Waals surface area contributed by atoms with E-state index in [9.17, 15) is 9.59 Å². The Kier molecular flexibility index (Phi) is 5.21. The molecule has 128 valence electrons. The van der Waals surface area contributed by atoms with E-state index in [4.69, 9.17) is 20.8 Å². The zero-order valence-corrected chi connectivity index (χ0v) is 14.8.